The van der Waals surface area contributed by atoms with Gasteiger partial charge in [-0.25, -0.2) is 13.6 Å². The van der Waals surface area contributed by atoms with Crippen molar-refractivity contribution in [1.29, 1.82) is 0 Å². The Morgan fingerprint density at radius 2 is 1.05 bits per heavy atom. The summed E-state index contributed by atoms with van der Waals surface area (Å²) in [6.07, 6.45) is 1.01. The number of carbonyl (C=O) groups excluding carboxylic acids is 1. The second-order valence-electron chi connectivity index (χ2n) is 9.67. The van der Waals surface area contributed by atoms with Crippen molar-refractivity contribution in [2.24, 2.45) is 5.14 Å². The number of amides is 1. The maximum absolute atomic E-state index is 13.6. The van der Waals surface area contributed by atoms with E-state index in [1.165, 1.54) is 23.3 Å². The van der Waals surface area contributed by atoms with Crippen LogP contribution in [-0.4, -0.2) is 37.2 Å². The van der Waals surface area contributed by atoms with Gasteiger partial charge in [0.2, 0.25) is 15.9 Å². The second-order valence-corrected chi connectivity index (χ2v) is 11.2. The van der Waals surface area contributed by atoms with E-state index in [0.717, 1.165) is 24.2 Å². The average molecular weight is 542 g/mol. The molecule has 4 rings (SSSR count). The van der Waals surface area contributed by atoms with E-state index in [2.05, 4.69) is 29.2 Å². The summed E-state index contributed by atoms with van der Waals surface area (Å²) < 4.78 is 23.2. The van der Waals surface area contributed by atoms with Crippen LogP contribution in [0.2, 0.25) is 0 Å². The minimum absolute atomic E-state index is 0.0837. The summed E-state index contributed by atoms with van der Waals surface area (Å²) >= 11 is 0. The van der Waals surface area contributed by atoms with Gasteiger partial charge in [0.05, 0.1) is 4.90 Å². The number of benzene rings is 4. The minimum atomic E-state index is -3.74. The molecule has 7 heteroatoms. The summed E-state index contributed by atoms with van der Waals surface area (Å²) in [7, 11) is -3.74. The lowest BCUT2D eigenvalue weighted by molar-refractivity contribution is -0.132. The van der Waals surface area contributed by atoms with Crippen LogP contribution in [0.25, 0.3) is 0 Å². The Kier molecular flexibility index (Phi) is 10.0. The smallest absolute Gasteiger partial charge is 0.238 e. The largest absolute Gasteiger partial charge is 0.338 e. The van der Waals surface area contributed by atoms with Crippen LogP contribution >= 0.6 is 0 Å². The molecule has 0 saturated carbocycles. The summed E-state index contributed by atoms with van der Waals surface area (Å²) in [6, 6.07) is 37.2. The highest BCUT2D eigenvalue weighted by atomic mass is 32.2. The van der Waals surface area contributed by atoms with Gasteiger partial charge < -0.3 is 4.90 Å². The first-order valence-electron chi connectivity index (χ1n) is 13.1. The van der Waals surface area contributed by atoms with Crippen molar-refractivity contribution < 1.29 is 13.2 Å². The van der Waals surface area contributed by atoms with Crippen LogP contribution < -0.4 is 5.14 Å². The van der Waals surface area contributed by atoms with Crippen molar-refractivity contribution in [1.82, 2.24) is 9.80 Å². The van der Waals surface area contributed by atoms with E-state index in [9.17, 15) is 13.2 Å². The highest BCUT2D eigenvalue weighted by Crippen LogP contribution is 2.14. The third-order valence-electron chi connectivity index (χ3n) is 6.63. The Labute approximate surface area is 231 Å². The Bertz CT molecular complexity index is 1370. The van der Waals surface area contributed by atoms with Crippen molar-refractivity contribution in [3.05, 3.63) is 138 Å². The van der Waals surface area contributed by atoms with E-state index in [-0.39, 0.29) is 10.8 Å². The summed E-state index contributed by atoms with van der Waals surface area (Å²) in [4.78, 5) is 17.9. The molecule has 0 aliphatic carbocycles. The number of carbonyl (C=O) groups is 1. The molecule has 202 valence electrons. The van der Waals surface area contributed by atoms with Gasteiger partial charge in [-0.05, 0) is 40.8 Å². The molecule has 0 aromatic heterocycles. The van der Waals surface area contributed by atoms with Crippen LogP contribution in [0.15, 0.2) is 120 Å². The molecule has 0 aliphatic rings. The summed E-state index contributed by atoms with van der Waals surface area (Å²) in [6.45, 7) is 3.21. The van der Waals surface area contributed by atoms with Crippen LogP contribution in [-0.2, 0) is 40.9 Å². The minimum Gasteiger partial charge on any atom is -0.338 e. The molecule has 0 bridgehead atoms. The van der Waals surface area contributed by atoms with Gasteiger partial charge in [0, 0.05) is 39.1 Å². The molecule has 0 saturated heterocycles. The van der Waals surface area contributed by atoms with Gasteiger partial charge in [-0.2, -0.15) is 0 Å². The van der Waals surface area contributed by atoms with Crippen LogP contribution in [0.1, 0.15) is 28.7 Å². The molecule has 0 atom stereocenters. The van der Waals surface area contributed by atoms with Gasteiger partial charge in [0.15, 0.2) is 0 Å². The van der Waals surface area contributed by atoms with Gasteiger partial charge in [0.1, 0.15) is 0 Å². The number of rotatable bonds is 13. The van der Waals surface area contributed by atoms with Crippen molar-refractivity contribution in [2.45, 2.75) is 37.4 Å². The predicted octanol–water partition coefficient (Wildman–Crippen LogP) is 5.00. The third kappa shape index (κ3) is 9.18. The Morgan fingerprint density at radius 3 is 1.51 bits per heavy atom. The normalized spacial score (nSPS) is 11.4. The van der Waals surface area contributed by atoms with Crippen molar-refractivity contribution >= 4 is 15.9 Å². The molecular weight excluding hydrogens is 506 g/mol. The van der Waals surface area contributed by atoms with Gasteiger partial charge in [-0.1, -0.05) is 103 Å². The Morgan fingerprint density at radius 1 is 0.590 bits per heavy atom. The van der Waals surface area contributed by atoms with Crippen LogP contribution in [0, 0.1) is 0 Å². The van der Waals surface area contributed by atoms with E-state index >= 15 is 0 Å². The molecule has 0 aliphatic heterocycles. The molecule has 0 fully saturated rings. The molecule has 2 N–H and O–H groups in total. The zero-order chi connectivity index (χ0) is 27.5. The number of primary sulfonamides is 1. The molecule has 4 aromatic carbocycles. The zero-order valence-corrected chi connectivity index (χ0v) is 22.8. The number of hydrogen-bond donors (Lipinski definition) is 1. The second kappa shape index (κ2) is 13.8. The van der Waals surface area contributed by atoms with Gasteiger partial charge >= 0.3 is 0 Å². The molecule has 6 nitrogen and oxygen atoms in total. The van der Waals surface area contributed by atoms with Crippen LogP contribution in [0.3, 0.4) is 0 Å². The van der Waals surface area contributed by atoms with E-state index in [4.69, 9.17) is 5.14 Å². The van der Waals surface area contributed by atoms with Crippen LogP contribution in [0.5, 0.6) is 0 Å². The summed E-state index contributed by atoms with van der Waals surface area (Å²) in [5.41, 5.74) is 4.44. The number of hydrogen-bond acceptors (Lipinski definition) is 4. The maximum atomic E-state index is 13.6. The lowest BCUT2D eigenvalue weighted by atomic mass is 10.1. The molecule has 4 aromatic rings. The Hall–Kier alpha value is -3.78. The van der Waals surface area contributed by atoms with E-state index in [1.54, 1.807) is 12.1 Å². The van der Waals surface area contributed by atoms with Gasteiger partial charge in [-0.3, -0.25) is 9.69 Å². The van der Waals surface area contributed by atoms with Crippen LogP contribution in [0.4, 0.5) is 0 Å². The molecule has 1 amide bonds. The molecule has 0 unspecified atom stereocenters. The fraction of sp³-hybridized carbons (Fsp3) is 0.219. The van der Waals surface area contributed by atoms with E-state index in [1.807, 2.05) is 71.6 Å². The highest BCUT2D eigenvalue weighted by molar-refractivity contribution is 7.89. The topological polar surface area (TPSA) is 83.7 Å². The first kappa shape index (κ1) is 28.2. The number of nitrogens with zero attached hydrogens (tertiary/aromatic N) is 2. The molecular formula is C32H35N3O3S. The van der Waals surface area contributed by atoms with Crippen molar-refractivity contribution in [3.8, 4) is 0 Å². The molecule has 0 spiro atoms. The highest BCUT2D eigenvalue weighted by Gasteiger charge is 2.17. The Balaban J connectivity index is 1.44. The summed E-state index contributed by atoms with van der Waals surface area (Å²) in [5, 5.41) is 5.22. The summed E-state index contributed by atoms with van der Waals surface area (Å²) in [5.74, 6) is 0.0890. The van der Waals surface area contributed by atoms with Gasteiger partial charge in [0.25, 0.3) is 0 Å². The van der Waals surface area contributed by atoms with E-state index in [0.29, 0.717) is 32.5 Å². The first-order chi connectivity index (χ1) is 18.9. The standard InChI is InChI=1S/C32H35N3O3S/c33-39(37,38)31-18-16-27(17-19-31)20-23-35(26-30-14-8-3-9-15-30)32(36)21-22-34(24-28-10-4-1-5-11-28)25-29-12-6-2-7-13-29/h1-19H,20-26H2,(H2,33,37,38). The monoisotopic (exact) mass is 541 g/mol. The lowest BCUT2D eigenvalue weighted by Crippen LogP contribution is -2.35. The number of sulfonamides is 1. The molecule has 0 radical (unpaired) electrons. The van der Waals surface area contributed by atoms with Gasteiger partial charge in [-0.15, -0.1) is 0 Å². The predicted molar refractivity (Wildman–Crippen MR) is 155 cm³/mol. The first-order valence-corrected chi connectivity index (χ1v) is 14.6. The third-order valence-corrected chi connectivity index (χ3v) is 7.56. The van der Waals surface area contributed by atoms with Crippen molar-refractivity contribution in [3.63, 3.8) is 0 Å². The fourth-order valence-electron chi connectivity index (χ4n) is 4.51. The fourth-order valence-corrected chi connectivity index (χ4v) is 5.03. The maximum Gasteiger partial charge on any atom is 0.238 e. The zero-order valence-electron chi connectivity index (χ0n) is 22.0. The SMILES string of the molecule is NS(=O)(=O)c1ccc(CCN(Cc2ccccc2)C(=O)CCN(Cc2ccccc2)Cc2ccccc2)cc1. The molecule has 0 heterocycles. The average Bonchev–Trinajstić information content (AvgIpc) is 2.95. The van der Waals surface area contributed by atoms with Crippen molar-refractivity contribution in [2.75, 3.05) is 13.1 Å². The quantitative estimate of drug-likeness (QED) is 0.258. The molecule has 39 heavy (non-hydrogen) atoms. The number of nitrogens with two attached hydrogens (primary N) is 1. The lowest BCUT2D eigenvalue weighted by Gasteiger charge is -2.26. The van der Waals surface area contributed by atoms with E-state index < -0.39 is 10.0 Å².